The number of piperazine rings is 1. The highest BCUT2D eigenvalue weighted by atomic mass is 35.5. The third kappa shape index (κ3) is 10.1. The molecule has 2 aliphatic rings. The average Bonchev–Trinajstić information content (AvgIpc) is 2.85. The van der Waals surface area contributed by atoms with Gasteiger partial charge in [0, 0.05) is 61.8 Å². The lowest BCUT2D eigenvalue weighted by Gasteiger charge is -2.47. The van der Waals surface area contributed by atoms with Gasteiger partial charge in [0.1, 0.15) is 16.7 Å². The summed E-state index contributed by atoms with van der Waals surface area (Å²) in [5.41, 5.74) is 7.23. The lowest BCUT2D eigenvalue weighted by molar-refractivity contribution is 0.0149. The van der Waals surface area contributed by atoms with Crippen LogP contribution < -0.4 is 10.5 Å². The molecule has 2 unspecified atom stereocenters. The zero-order chi connectivity index (χ0) is 25.8. The number of nitrogens with two attached hydrogens (primary N) is 1. The molecule has 0 radical (unpaired) electrons. The number of halogens is 1. The maximum atomic E-state index is 11.4. The van der Waals surface area contributed by atoms with Gasteiger partial charge in [0.2, 0.25) is 0 Å². The molecule has 0 saturated carbocycles. The van der Waals surface area contributed by atoms with Crippen molar-refractivity contribution >= 4 is 22.6 Å². The minimum Gasteiger partial charge on any atom is -0.511 e. The number of piperidine rings is 1. The Morgan fingerprint density at radius 1 is 1.17 bits per heavy atom. The predicted molar refractivity (Wildman–Crippen MR) is 149 cm³/mol. The number of likely N-dealkylation sites (tertiary alicyclic amines) is 1. The summed E-state index contributed by atoms with van der Waals surface area (Å²) < 4.78 is 14.1. The molecule has 9 heteroatoms. The minimum absolute atomic E-state index is 0.220. The van der Waals surface area contributed by atoms with Crippen LogP contribution in [0.5, 0.6) is 0 Å². The molecular formula is C26H44ClN5O2S. The summed E-state index contributed by atoms with van der Waals surface area (Å²) in [4.78, 5) is 7.49. The van der Waals surface area contributed by atoms with Crippen molar-refractivity contribution < 1.29 is 9.32 Å². The Hall–Kier alpha value is -1.58. The zero-order valence-corrected chi connectivity index (χ0v) is 23.2. The summed E-state index contributed by atoms with van der Waals surface area (Å²) in [6, 6.07) is 1.08. The number of aliphatic hydroxyl groups excluding tert-OH is 1. The van der Waals surface area contributed by atoms with E-state index in [0.717, 1.165) is 57.1 Å². The van der Waals surface area contributed by atoms with E-state index in [1.54, 1.807) is 6.08 Å². The van der Waals surface area contributed by atoms with Crippen molar-refractivity contribution in [1.29, 1.82) is 0 Å². The van der Waals surface area contributed by atoms with Crippen molar-refractivity contribution in [2.45, 2.75) is 51.6 Å². The quantitative estimate of drug-likeness (QED) is 0.266. The molecule has 4 N–H and O–H groups in total. The van der Waals surface area contributed by atoms with E-state index < -0.39 is 11.0 Å². The van der Waals surface area contributed by atoms with Crippen LogP contribution in [-0.4, -0.2) is 88.2 Å². The molecule has 0 aromatic rings. The molecule has 0 aromatic heterocycles. The molecule has 2 atom stereocenters. The summed E-state index contributed by atoms with van der Waals surface area (Å²) in [7, 11) is -1.24. The summed E-state index contributed by atoms with van der Waals surface area (Å²) >= 11 is 6.15. The highest BCUT2D eigenvalue weighted by Crippen LogP contribution is 2.24. The molecule has 7 nitrogen and oxygen atoms in total. The van der Waals surface area contributed by atoms with Gasteiger partial charge in [0.15, 0.2) is 0 Å². The highest BCUT2D eigenvalue weighted by molar-refractivity contribution is 7.82. The van der Waals surface area contributed by atoms with Gasteiger partial charge in [0.25, 0.3) is 0 Å². The van der Waals surface area contributed by atoms with Gasteiger partial charge in [0.05, 0.1) is 12.2 Å². The third-order valence-electron chi connectivity index (χ3n) is 6.74. The number of allylic oxidation sites excluding steroid dienone is 4. The number of aliphatic hydroxyl groups is 1. The van der Waals surface area contributed by atoms with E-state index in [-0.39, 0.29) is 5.76 Å². The van der Waals surface area contributed by atoms with E-state index >= 15 is 0 Å². The molecule has 0 spiro atoms. The van der Waals surface area contributed by atoms with Gasteiger partial charge in [-0.3, -0.25) is 14.7 Å². The maximum Gasteiger partial charge on any atom is 0.113 e. The average molecular weight is 526 g/mol. The van der Waals surface area contributed by atoms with E-state index in [1.165, 1.54) is 30.9 Å². The van der Waals surface area contributed by atoms with Gasteiger partial charge in [-0.2, -0.15) is 0 Å². The number of rotatable bonds is 12. The van der Waals surface area contributed by atoms with Crippen LogP contribution in [0.25, 0.3) is 0 Å². The molecule has 2 rings (SSSR count). The second kappa shape index (κ2) is 15.5. The summed E-state index contributed by atoms with van der Waals surface area (Å²) in [5, 5.41) is 11.3. The van der Waals surface area contributed by atoms with Gasteiger partial charge in [-0.05, 0) is 50.4 Å². The van der Waals surface area contributed by atoms with Crippen LogP contribution in [0.3, 0.4) is 0 Å². The zero-order valence-electron chi connectivity index (χ0n) is 21.6. The Morgan fingerprint density at radius 2 is 1.89 bits per heavy atom. The standard InChI is InChI=1S/C26H44ClN5O2S/c1-5-21(8-9-22(27)6-2)18-30-12-10-25(11-13-30)32-15-14-31(19-24(32)7-3)20-26(33)16-23(17-28)29-35(4)34/h5,8-9,16-17,24-25,29,33H,1,6-7,10-15,18-20,28H2,2-4H3/b21-8+,22-9+,23-17+,26-16+. The smallest absolute Gasteiger partial charge is 0.113 e. The van der Waals surface area contributed by atoms with Crippen molar-refractivity contribution in [2.75, 3.05) is 52.1 Å². The molecule has 0 bridgehead atoms. The number of nitrogens with one attached hydrogen (secondary N) is 1. The Balaban J connectivity index is 1.88. The van der Waals surface area contributed by atoms with Crippen LogP contribution in [0.1, 0.15) is 39.5 Å². The van der Waals surface area contributed by atoms with Crippen LogP contribution in [0, 0.1) is 0 Å². The summed E-state index contributed by atoms with van der Waals surface area (Å²) in [5.74, 6) is 0.220. The maximum absolute atomic E-state index is 11.4. The lowest BCUT2D eigenvalue weighted by Crippen LogP contribution is -2.58. The SMILES string of the molecule is C=C/C(=C\C=C(\Cl)CC)CN1CCC(N2CCN(C/C(O)=C\C(=C/N)NS(C)=O)CC2CC)CC1. The van der Waals surface area contributed by atoms with Crippen LogP contribution in [0.2, 0.25) is 0 Å². The first-order valence-corrected chi connectivity index (χ1v) is 14.5. The van der Waals surface area contributed by atoms with Crippen LogP contribution in [-0.2, 0) is 11.0 Å². The normalized spacial score (nSPS) is 23.9. The second-order valence-corrected chi connectivity index (χ2v) is 10.9. The Bertz CT molecular complexity index is 834. The predicted octanol–water partition coefficient (Wildman–Crippen LogP) is 3.62. The van der Waals surface area contributed by atoms with Crippen molar-refractivity contribution in [3.63, 3.8) is 0 Å². The molecule has 0 amide bonds. The molecule has 2 heterocycles. The molecule has 2 aliphatic heterocycles. The van der Waals surface area contributed by atoms with E-state index in [1.807, 2.05) is 12.2 Å². The van der Waals surface area contributed by atoms with Crippen molar-refractivity contribution in [3.8, 4) is 0 Å². The minimum atomic E-state index is -1.24. The van der Waals surface area contributed by atoms with Gasteiger partial charge in [-0.1, -0.05) is 44.2 Å². The van der Waals surface area contributed by atoms with E-state index in [9.17, 15) is 9.32 Å². The van der Waals surface area contributed by atoms with Crippen molar-refractivity contribution in [2.24, 2.45) is 5.73 Å². The van der Waals surface area contributed by atoms with Crippen LogP contribution in [0.15, 0.2) is 59.1 Å². The Morgan fingerprint density at radius 3 is 2.46 bits per heavy atom. The van der Waals surface area contributed by atoms with E-state index in [2.05, 4.69) is 45.9 Å². The monoisotopic (exact) mass is 525 g/mol. The number of hydrogen-bond donors (Lipinski definition) is 3. The van der Waals surface area contributed by atoms with Gasteiger partial charge < -0.3 is 15.6 Å². The molecule has 2 saturated heterocycles. The fourth-order valence-electron chi connectivity index (χ4n) is 4.82. The topological polar surface area (TPSA) is 85.1 Å². The second-order valence-electron chi connectivity index (χ2n) is 9.27. The van der Waals surface area contributed by atoms with Gasteiger partial charge in [-0.25, -0.2) is 4.21 Å². The lowest BCUT2D eigenvalue weighted by atomic mass is 9.97. The molecule has 2 fully saturated rings. The highest BCUT2D eigenvalue weighted by Gasteiger charge is 2.33. The first-order chi connectivity index (χ1) is 16.8. The van der Waals surface area contributed by atoms with Crippen molar-refractivity contribution in [3.05, 3.63) is 59.1 Å². The largest absolute Gasteiger partial charge is 0.511 e. The number of hydrogen-bond acceptors (Lipinski definition) is 6. The number of nitrogens with zero attached hydrogens (tertiary/aromatic N) is 3. The summed E-state index contributed by atoms with van der Waals surface area (Å²) in [6.45, 7) is 14.7. The van der Waals surface area contributed by atoms with E-state index in [4.69, 9.17) is 17.3 Å². The molecular weight excluding hydrogens is 482 g/mol. The van der Waals surface area contributed by atoms with E-state index in [0.29, 0.717) is 24.3 Å². The molecule has 35 heavy (non-hydrogen) atoms. The van der Waals surface area contributed by atoms with Crippen LogP contribution in [0.4, 0.5) is 0 Å². The fourth-order valence-corrected chi connectivity index (χ4v) is 5.34. The first kappa shape index (κ1) is 29.6. The first-order valence-electron chi connectivity index (χ1n) is 12.6. The molecule has 198 valence electrons. The third-order valence-corrected chi connectivity index (χ3v) is 7.66. The summed E-state index contributed by atoms with van der Waals surface area (Å²) in [6.07, 6.45) is 14.7. The fraction of sp³-hybridized carbons (Fsp3) is 0.615. The Kier molecular flexibility index (Phi) is 13.1. The molecule has 0 aliphatic carbocycles. The molecule has 0 aromatic carbocycles. The van der Waals surface area contributed by atoms with Crippen molar-refractivity contribution in [1.82, 2.24) is 19.4 Å². The van der Waals surface area contributed by atoms with Gasteiger partial charge >= 0.3 is 0 Å². The van der Waals surface area contributed by atoms with Gasteiger partial charge in [-0.15, -0.1) is 0 Å². The Labute approximate surface area is 219 Å². The van der Waals surface area contributed by atoms with Crippen LogP contribution >= 0.6 is 11.6 Å².